The average Bonchev–Trinajstić information content (AvgIpc) is 3.24. The van der Waals surface area contributed by atoms with Gasteiger partial charge in [-0.05, 0) is 30.9 Å². The van der Waals surface area contributed by atoms with Crippen molar-refractivity contribution in [3.05, 3.63) is 57.5 Å². The van der Waals surface area contributed by atoms with Crippen LogP contribution in [0.25, 0.3) is 11.2 Å². The van der Waals surface area contributed by atoms with Gasteiger partial charge in [0.2, 0.25) is 0 Å². The first-order valence-electron chi connectivity index (χ1n) is 11.4. The molecular formula is C23H34Cl2N6O3S. The predicted octanol–water partition coefficient (Wildman–Crippen LogP) is 1.44. The minimum Gasteiger partial charge on any atom is -0.390 e. The van der Waals surface area contributed by atoms with Gasteiger partial charge in [0.1, 0.15) is 0 Å². The number of aryl methyl sites for hydroxylation is 1. The number of rotatable bonds is 9. The molecule has 1 aliphatic heterocycles. The minimum atomic E-state index is -0.627. The van der Waals surface area contributed by atoms with E-state index in [1.165, 1.54) is 22.8 Å². The van der Waals surface area contributed by atoms with E-state index in [0.29, 0.717) is 17.7 Å². The van der Waals surface area contributed by atoms with Gasteiger partial charge in [-0.2, -0.15) is 0 Å². The molecule has 194 valence electrons. The number of thioether (sulfide) groups is 1. The number of halogens is 2. The molecule has 9 nitrogen and oxygen atoms in total. The Kier molecular flexibility index (Phi) is 11.3. The number of nitrogens with zero attached hydrogens (tertiary/aromatic N) is 6. The number of piperazine rings is 1. The summed E-state index contributed by atoms with van der Waals surface area (Å²) in [4.78, 5) is 35.0. The van der Waals surface area contributed by atoms with Gasteiger partial charge in [0.05, 0.1) is 19.0 Å². The molecule has 3 heterocycles. The first-order valence-corrected chi connectivity index (χ1v) is 12.3. The molecule has 35 heavy (non-hydrogen) atoms. The van der Waals surface area contributed by atoms with E-state index in [9.17, 15) is 14.7 Å². The summed E-state index contributed by atoms with van der Waals surface area (Å²) in [6, 6.07) is 10.5. The molecule has 0 bridgehead atoms. The maximum atomic E-state index is 12.6. The van der Waals surface area contributed by atoms with Gasteiger partial charge in [-0.3, -0.25) is 18.8 Å². The van der Waals surface area contributed by atoms with E-state index >= 15 is 0 Å². The van der Waals surface area contributed by atoms with E-state index < -0.39 is 17.4 Å². The molecule has 2 aromatic heterocycles. The normalized spacial score (nSPS) is 15.5. The van der Waals surface area contributed by atoms with Crippen LogP contribution in [0.15, 0.2) is 51.1 Å². The van der Waals surface area contributed by atoms with Gasteiger partial charge in [0.25, 0.3) is 5.56 Å². The molecule has 1 N–H and O–H groups in total. The number of imidazole rings is 1. The highest BCUT2D eigenvalue weighted by atomic mass is 35.5. The van der Waals surface area contributed by atoms with Crippen molar-refractivity contribution in [3.8, 4) is 0 Å². The zero-order valence-corrected chi connectivity index (χ0v) is 22.5. The van der Waals surface area contributed by atoms with Crippen molar-refractivity contribution >= 4 is 47.7 Å². The van der Waals surface area contributed by atoms with E-state index in [0.717, 1.165) is 49.5 Å². The van der Waals surface area contributed by atoms with Crippen LogP contribution in [0.1, 0.15) is 6.42 Å². The summed E-state index contributed by atoms with van der Waals surface area (Å²) in [6.07, 6.45) is 2.06. The van der Waals surface area contributed by atoms with Gasteiger partial charge in [-0.15, -0.1) is 36.6 Å². The van der Waals surface area contributed by atoms with Crippen LogP contribution in [-0.2, 0) is 20.6 Å². The lowest BCUT2D eigenvalue weighted by Crippen LogP contribution is -2.49. The summed E-state index contributed by atoms with van der Waals surface area (Å²) in [5.74, 6) is 1.12. The molecule has 4 rings (SSSR count). The highest BCUT2D eigenvalue weighted by Crippen LogP contribution is 2.18. The number of aromatic nitrogens is 4. The topological polar surface area (TPSA) is 88.5 Å². The molecule has 1 aliphatic rings. The van der Waals surface area contributed by atoms with Crippen LogP contribution in [0.2, 0.25) is 0 Å². The molecule has 3 aromatic rings. The number of hydrogen-bond donors (Lipinski definition) is 1. The Morgan fingerprint density at radius 3 is 2.31 bits per heavy atom. The summed E-state index contributed by atoms with van der Waals surface area (Å²) < 4.78 is 4.09. The van der Waals surface area contributed by atoms with Gasteiger partial charge < -0.3 is 14.6 Å². The van der Waals surface area contributed by atoms with Crippen molar-refractivity contribution in [2.45, 2.75) is 24.0 Å². The third-order valence-electron chi connectivity index (χ3n) is 6.19. The van der Waals surface area contributed by atoms with Crippen molar-refractivity contribution in [2.24, 2.45) is 14.1 Å². The minimum absolute atomic E-state index is 0. The van der Waals surface area contributed by atoms with E-state index in [4.69, 9.17) is 0 Å². The summed E-state index contributed by atoms with van der Waals surface area (Å²) in [5, 5.41) is 10.7. The van der Waals surface area contributed by atoms with Crippen LogP contribution in [0.3, 0.4) is 0 Å². The molecule has 1 saturated heterocycles. The van der Waals surface area contributed by atoms with Crippen molar-refractivity contribution in [2.75, 3.05) is 45.0 Å². The lowest BCUT2D eigenvalue weighted by Gasteiger charge is -2.35. The van der Waals surface area contributed by atoms with Crippen LogP contribution >= 0.6 is 36.6 Å². The molecule has 0 aliphatic carbocycles. The molecule has 0 amide bonds. The van der Waals surface area contributed by atoms with Crippen molar-refractivity contribution < 1.29 is 5.11 Å². The maximum absolute atomic E-state index is 12.6. The van der Waals surface area contributed by atoms with Gasteiger partial charge in [-0.1, -0.05) is 18.2 Å². The van der Waals surface area contributed by atoms with Crippen LogP contribution in [0.5, 0.6) is 0 Å². The highest BCUT2D eigenvalue weighted by Gasteiger charge is 2.21. The lowest BCUT2D eigenvalue weighted by molar-refractivity contribution is 0.0650. The predicted molar refractivity (Wildman–Crippen MR) is 145 cm³/mol. The van der Waals surface area contributed by atoms with Gasteiger partial charge >= 0.3 is 5.69 Å². The Balaban J connectivity index is 0.00000216. The average molecular weight is 546 g/mol. The maximum Gasteiger partial charge on any atom is 0.332 e. The Bertz CT molecular complexity index is 1190. The number of hydrogen-bond acceptors (Lipinski definition) is 7. The standard InChI is InChI=1S/C23H32N6O3S.2ClH/c1-25-21-20(22(31)26(2)23(25)32)29(17-24-21)16-18(30)15-28-12-10-27(11-13-28)9-6-14-33-19-7-4-3-5-8-19;;/h3-5,7-8,17-18,30H,6,9-16H2,1-2H3;2*1H. The lowest BCUT2D eigenvalue weighted by atomic mass is 10.2. The first kappa shape index (κ1) is 29.4. The molecule has 1 atom stereocenters. The fourth-order valence-corrected chi connectivity index (χ4v) is 5.17. The third kappa shape index (κ3) is 7.12. The Labute approximate surface area is 221 Å². The molecule has 12 heteroatoms. The molecule has 0 spiro atoms. The second-order valence-electron chi connectivity index (χ2n) is 8.59. The van der Waals surface area contributed by atoms with E-state index in [1.807, 2.05) is 17.8 Å². The second kappa shape index (κ2) is 13.5. The molecule has 1 fully saturated rings. The Hall–Kier alpha value is -1.82. The summed E-state index contributed by atoms with van der Waals surface area (Å²) in [5.41, 5.74) is -0.113. The van der Waals surface area contributed by atoms with Crippen LogP contribution in [-0.4, -0.2) is 84.7 Å². The molecule has 1 aromatic carbocycles. The number of aliphatic hydroxyl groups excluding tert-OH is 1. The SMILES string of the molecule is Cl.Cl.Cn1c(=O)c2c(ncn2CC(O)CN2CCN(CCCSc3ccccc3)CC2)n(C)c1=O. The highest BCUT2D eigenvalue weighted by molar-refractivity contribution is 7.99. The van der Waals surface area contributed by atoms with Gasteiger partial charge in [0, 0.05) is 51.7 Å². The van der Waals surface area contributed by atoms with E-state index in [2.05, 4.69) is 39.0 Å². The van der Waals surface area contributed by atoms with Gasteiger partial charge in [0.15, 0.2) is 11.2 Å². The van der Waals surface area contributed by atoms with Crippen molar-refractivity contribution in [1.82, 2.24) is 28.5 Å². The number of aliphatic hydroxyl groups is 1. The zero-order chi connectivity index (χ0) is 23.4. The fourth-order valence-electron chi connectivity index (χ4n) is 4.31. The smallest absolute Gasteiger partial charge is 0.332 e. The summed E-state index contributed by atoms with van der Waals surface area (Å²) >= 11 is 1.90. The summed E-state index contributed by atoms with van der Waals surface area (Å²) in [7, 11) is 3.05. The molecule has 0 radical (unpaired) electrons. The van der Waals surface area contributed by atoms with Gasteiger partial charge in [-0.25, -0.2) is 9.78 Å². The first-order chi connectivity index (χ1) is 15.9. The van der Waals surface area contributed by atoms with E-state index in [1.54, 1.807) is 11.6 Å². The fraction of sp³-hybridized carbons (Fsp3) is 0.522. The molecule has 0 saturated carbocycles. The molecule has 1 unspecified atom stereocenters. The molecular weight excluding hydrogens is 511 g/mol. The van der Waals surface area contributed by atoms with Crippen molar-refractivity contribution in [1.29, 1.82) is 0 Å². The Morgan fingerprint density at radius 2 is 1.63 bits per heavy atom. The second-order valence-corrected chi connectivity index (χ2v) is 9.75. The van der Waals surface area contributed by atoms with E-state index in [-0.39, 0.29) is 31.4 Å². The van der Waals surface area contributed by atoms with Crippen LogP contribution < -0.4 is 11.2 Å². The van der Waals surface area contributed by atoms with Crippen molar-refractivity contribution in [3.63, 3.8) is 0 Å². The monoisotopic (exact) mass is 544 g/mol. The van der Waals surface area contributed by atoms with Crippen LogP contribution in [0.4, 0.5) is 0 Å². The quantitative estimate of drug-likeness (QED) is 0.322. The number of benzene rings is 1. The third-order valence-corrected chi connectivity index (χ3v) is 7.29. The number of fused-ring (bicyclic) bond motifs is 1. The van der Waals surface area contributed by atoms with Crippen LogP contribution in [0, 0.1) is 0 Å². The number of β-amino-alcohol motifs (C(OH)–C–C–N with tert-alkyl or cyclic N) is 1. The largest absolute Gasteiger partial charge is 0.390 e. The Morgan fingerprint density at radius 1 is 0.971 bits per heavy atom. The zero-order valence-electron chi connectivity index (χ0n) is 20.1. The summed E-state index contributed by atoms with van der Waals surface area (Å²) in [6.45, 7) is 5.75.